The molecule has 2 saturated heterocycles. The van der Waals surface area contributed by atoms with E-state index >= 15 is 0 Å². The number of hydrogen-bond donors (Lipinski definition) is 0. The molecule has 0 aliphatic carbocycles. The molecule has 8 heteroatoms. The number of hydrogen-bond acceptors (Lipinski definition) is 6. The summed E-state index contributed by atoms with van der Waals surface area (Å²) in [4.78, 5) is 35.2. The molecule has 2 fully saturated rings. The zero-order valence-electron chi connectivity index (χ0n) is 17.0. The van der Waals surface area contributed by atoms with Gasteiger partial charge in [-0.3, -0.25) is 9.59 Å². The zero-order chi connectivity index (χ0) is 20.4. The van der Waals surface area contributed by atoms with Gasteiger partial charge in [-0.25, -0.2) is 4.98 Å². The molecule has 7 nitrogen and oxygen atoms in total. The Bertz CT molecular complexity index is 873. The van der Waals surface area contributed by atoms with Gasteiger partial charge in [0.05, 0.1) is 0 Å². The maximum Gasteiger partial charge on any atom is 0.245 e. The second-order valence-corrected chi connectivity index (χ2v) is 8.57. The highest BCUT2D eigenvalue weighted by atomic mass is 32.1. The number of anilines is 1. The Balaban J connectivity index is 1.41. The van der Waals surface area contributed by atoms with Crippen LogP contribution in [-0.4, -0.2) is 69.7 Å². The number of carbonyl (C=O) groups is 2. The van der Waals surface area contributed by atoms with Crippen molar-refractivity contribution >= 4 is 28.5 Å². The van der Waals surface area contributed by atoms with Gasteiger partial charge in [0.2, 0.25) is 16.9 Å². The lowest BCUT2D eigenvalue weighted by molar-refractivity contribution is -0.139. The van der Waals surface area contributed by atoms with Crippen molar-refractivity contribution in [3.63, 3.8) is 0 Å². The molecule has 2 aliphatic heterocycles. The monoisotopic (exact) mass is 413 g/mol. The molecule has 0 saturated carbocycles. The number of nitrogens with zero attached hydrogens (tertiary/aromatic N) is 5. The fraction of sp³-hybridized carbons (Fsp3) is 0.524. The summed E-state index contributed by atoms with van der Waals surface area (Å²) in [5.74, 6) is 1.04. The van der Waals surface area contributed by atoms with Gasteiger partial charge in [-0.2, -0.15) is 4.37 Å². The Kier molecular flexibility index (Phi) is 5.80. The van der Waals surface area contributed by atoms with Crippen LogP contribution < -0.4 is 4.90 Å². The maximum atomic E-state index is 13.1. The molecule has 1 aromatic carbocycles. The molecule has 2 amide bonds. The lowest BCUT2D eigenvalue weighted by Crippen LogP contribution is -2.54. The first kappa shape index (κ1) is 19.8. The minimum Gasteiger partial charge on any atom is -0.339 e. The largest absolute Gasteiger partial charge is 0.339 e. The third-order valence-electron chi connectivity index (χ3n) is 5.76. The Morgan fingerprint density at radius 1 is 1.07 bits per heavy atom. The predicted molar refractivity (Wildman–Crippen MR) is 113 cm³/mol. The van der Waals surface area contributed by atoms with Crippen LogP contribution in [0, 0.1) is 6.92 Å². The van der Waals surface area contributed by atoms with Crippen LogP contribution in [0.25, 0.3) is 0 Å². The van der Waals surface area contributed by atoms with E-state index in [2.05, 4.69) is 40.5 Å². The number of amides is 2. The van der Waals surface area contributed by atoms with Crippen molar-refractivity contribution in [2.75, 3.05) is 37.6 Å². The van der Waals surface area contributed by atoms with Crippen molar-refractivity contribution < 1.29 is 9.59 Å². The first-order valence-electron chi connectivity index (χ1n) is 10.2. The Labute approximate surface area is 175 Å². The zero-order valence-corrected chi connectivity index (χ0v) is 17.8. The van der Waals surface area contributed by atoms with Gasteiger partial charge in [0.1, 0.15) is 11.9 Å². The highest BCUT2D eigenvalue weighted by Gasteiger charge is 2.36. The van der Waals surface area contributed by atoms with Crippen LogP contribution in [0.4, 0.5) is 5.13 Å². The standard InChI is InChI=1S/C21H27N5O2S/c1-15-5-7-17(8-6-15)14-19-22-21(29-23-19)26-9-3-4-18(26)20(28)25-12-10-24(11-13-25)16(2)27/h5-8,18H,3-4,9-14H2,1-2H3. The normalized spacial score (nSPS) is 19.7. The van der Waals surface area contributed by atoms with Crippen molar-refractivity contribution in [1.29, 1.82) is 0 Å². The van der Waals surface area contributed by atoms with E-state index in [4.69, 9.17) is 4.98 Å². The summed E-state index contributed by atoms with van der Waals surface area (Å²) in [6.07, 6.45) is 2.53. The summed E-state index contributed by atoms with van der Waals surface area (Å²) in [5, 5.41) is 0.838. The topological polar surface area (TPSA) is 69.6 Å². The minimum absolute atomic E-state index is 0.0783. The van der Waals surface area contributed by atoms with E-state index in [1.54, 1.807) is 11.8 Å². The Morgan fingerprint density at radius 2 is 1.76 bits per heavy atom. The van der Waals surface area contributed by atoms with Crippen LogP contribution in [0.3, 0.4) is 0 Å². The van der Waals surface area contributed by atoms with Crippen LogP contribution in [0.2, 0.25) is 0 Å². The minimum atomic E-state index is -0.168. The Hall–Kier alpha value is -2.48. The van der Waals surface area contributed by atoms with Crippen molar-refractivity contribution in [2.45, 2.75) is 39.2 Å². The summed E-state index contributed by atoms with van der Waals surface area (Å²) < 4.78 is 4.53. The van der Waals surface area contributed by atoms with Crippen LogP contribution in [0.5, 0.6) is 0 Å². The first-order valence-corrected chi connectivity index (χ1v) is 11.0. The van der Waals surface area contributed by atoms with E-state index in [-0.39, 0.29) is 17.9 Å². The summed E-state index contributed by atoms with van der Waals surface area (Å²) >= 11 is 1.38. The maximum absolute atomic E-state index is 13.1. The number of carbonyl (C=O) groups excluding carboxylic acids is 2. The van der Waals surface area contributed by atoms with Crippen molar-refractivity contribution in [3.8, 4) is 0 Å². The molecule has 2 aliphatic rings. The molecule has 29 heavy (non-hydrogen) atoms. The number of piperazine rings is 1. The summed E-state index contributed by atoms with van der Waals surface area (Å²) in [6, 6.07) is 8.25. The second-order valence-electron chi connectivity index (χ2n) is 7.84. The van der Waals surface area contributed by atoms with Crippen LogP contribution >= 0.6 is 11.5 Å². The lowest BCUT2D eigenvalue weighted by Gasteiger charge is -2.36. The van der Waals surface area contributed by atoms with E-state index in [0.29, 0.717) is 32.6 Å². The lowest BCUT2D eigenvalue weighted by atomic mass is 10.1. The van der Waals surface area contributed by atoms with E-state index < -0.39 is 0 Å². The molecule has 1 aromatic heterocycles. The summed E-state index contributed by atoms with van der Waals surface area (Å²) in [7, 11) is 0. The molecule has 3 heterocycles. The van der Waals surface area contributed by atoms with Crippen molar-refractivity contribution in [1.82, 2.24) is 19.2 Å². The van der Waals surface area contributed by atoms with Crippen LogP contribution in [0.15, 0.2) is 24.3 Å². The molecule has 0 bridgehead atoms. The molecule has 0 spiro atoms. The van der Waals surface area contributed by atoms with E-state index in [1.807, 2.05) is 4.90 Å². The fourth-order valence-electron chi connectivity index (χ4n) is 4.03. The Morgan fingerprint density at radius 3 is 2.45 bits per heavy atom. The van der Waals surface area contributed by atoms with Gasteiger partial charge >= 0.3 is 0 Å². The van der Waals surface area contributed by atoms with Gasteiger partial charge in [-0.05, 0) is 25.3 Å². The molecule has 0 radical (unpaired) electrons. The van der Waals surface area contributed by atoms with Crippen molar-refractivity contribution in [2.24, 2.45) is 0 Å². The van der Waals surface area contributed by atoms with Gasteiger partial charge < -0.3 is 14.7 Å². The molecular weight excluding hydrogens is 386 g/mol. The summed E-state index contributed by atoms with van der Waals surface area (Å²) in [6.45, 7) is 6.95. The third-order valence-corrected chi connectivity index (χ3v) is 6.55. The highest BCUT2D eigenvalue weighted by molar-refractivity contribution is 7.09. The SMILES string of the molecule is CC(=O)N1CCN(C(=O)C2CCCN2c2nc(Cc3ccc(C)cc3)ns2)CC1. The average Bonchev–Trinajstić information content (AvgIpc) is 3.38. The first-order chi connectivity index (χ1) is 14.0. The molecular formula is C21H27N5O2S. The van der Waals surface area contributed by atoms with Crippen LogP contribution in [-0.2, 0) is 16.0 Å². The number of benzene rings is 1. The van der Waals surface area contributed by atoms with Gasteiger partial charge in [-0.15, -0.1) is 0 Å². The number of aryl methyl sites for hydroxylation is 1. The van der Waals surface area contributed by atoms with E-state index in [9.17, 15) is 9.59 Å². The quantitative estimate of drug-likeness (QED) is 0.768. The molecule has 1 unspecified atom stereocenters. The van der Waals surface area contributed by atoms with Gasteiger partial charge in [0.15, 0.2) is 0 Å². The van der Waals surface area contributed by atoms with Crippen molar-refractivity contribution in [3.05, 3.63) is 41.2 Å². The fourth-order valence-corrected chi connectivity index (χ4v) is 4.79. The third kappa shape index (κ3) is 4.42. The predicted octanol–water partition coefficient (Wildman–Crippen LogP) is 2.10. The van der Waals surface area contributed by atoms with E-state index in [1.165, 1.54) is 22.7 Å². The molecule has 154 valence electrons. The number of aromatic nitrogens is 2. The van der Waals surface area contributed by atoms with Crippen LogP contribution in [0.1, 0.15) is 36.7 Å². The van der Waals surface area contributed by atoms with Gasteiger partial charge in [0.25, 0.3) is 0 Å². The summed E-state index contributed by atoms with van der Waals surface area (Å²) in [5.41, 5.74) is 2.43. The molecule has 4 rings (SSSR count). The highest BCUT2D eigenvalue weighted by Crippen LogP contribution is 2.29. The second kappa shape index (κ2) is 8.49. The molecule has 2 aromatic rings. The average molecular weight is 414 g/mol. The van der Waals surface area contributed by atoms with Gasteiger partial charge in [-0.1, -0.05) is 29.8 Å². The van der Waals surface area contributed by atoms with Gasteiger partial charge in [0, 0.05) is 57.6 Å². The smallest absolute Gasteiger partial charge is 0.245 e. The van der Waals surface area contributed by atoms with E-state index in [0.717, 1.165) is 30.3 Å². The molecule has 0 N–H and O–H groups in total. The molecule has 1 atom stereocenters. The number of rotatable bonds is 4.